The highest BCUT2D eigenvalue weighted by atomic mass is 14.8. The summed E-state index contributed by atoms with van der Waals surface area (Å²) >= 11 is 0. The number of hydrogen-bond donors (Lipinski definition) is 1. The van der Waals surface area contributed by atoms with Gasteiger partial charge in [0.1, 0.15) is 5.82 Å². The van der Waals surface area contributed by atoms with Crippen LogP contribution in [0.25, 0.3) is 10.8 Å². The van der Waals surface area contributed by atoms with E-state index in [1.54, 1.807) is 6.20 Å². The van der Waals surface area contributed by atoms with Crippen molar-refractivity contribution in [3.8, 4) is 0 Å². The predicted molar refractivity (Wildman–Crippen MR) is 53.4 cm³/mol. The molecule has 0 unspecified atom stereocenters. The Hall–Kier alpha value is -1.64. The van der Waals surface area contributed by atoms with Gasteiger partial charge in [-0.2, -0.15) is 0 Å². The molecule has 66 valence electrons. The Balaban J connectivity index is 2.94. The van der Waals surface area contributed by atoms with Gasteiger partial charge < -0.3 is 5.73 Å². The van der Waals surface area contributed by atoms with Crippen molar-refractivity contribution in [2.24, 2.45) is 0 Å². The standard InChI is InChI=1S/C10H11N3/c1-6-5-8-3-4-12-7(2)9(8)10(11)13-6/h3-5H,1-2H3,(H2,11,13). The van der Waals surface area contributed by atoms with Gasteiger partial charge in [0, 0.05) is 23.0 Å². The molecule has 2 N–H and O–H groups in total. The summed E-state index contributed by atoms with van der Waals surface area (Å²) in [7, 11) is 0. The average molecular weight is 173 g/mol. The second kappa shape index (κ2) is 2.69. The minimum absolute atomic E-state index is 0.570. The summed E-state index contributed by atoms with van der Waals surface area (Å²) in [6, 6.07) is 3.97. The number of anilines is 1. The quantitative estimate of drug-likeness (QED) is 0.661. The Morgan fingerprint density at radius 1 is 1.31 bits per heavy atom. The maximum absolute atomic E-state index is 5.81. The maximum Gasteiger partial charge on any atom is 0.133 e. The average Bonchev–Trinajstić information content (AvgIpc) is 2.02. The number of fused-ring (bicyclic) bond motifs is 1. The fourth-order valence-corrected chi connectivity index (χ4v) is 1.54. The molecule has 0 saturated heterocycles. The third-order valence-corrected chi connectivity index (χ3v) is 2.09. The van der Waals surface area contributed by atoms with Crippen LogP contribution in [-0.2, 0) is 0 Å². The topological polar surface area (TPSA) is 51.8 Å². The molecule has 0 atom stereocenters. The van der Waals surface area contributed by atoms with Crippen molar-refractivity contribution in [1.82, 2.24) is 9.97 Å². The lowest BCUT2D eigenvalue weighted by Crippen LogP contribution is -1.96. The van der Waals surface area contributed by atoms with Crippen LogP contribution in [0.2, 0.25) is 0 Å². The van der Waals surface area contributed by atoms with Gasteiger partial charge in [-0.3, -0.25) is 4.98 Å². The molecule has 3 heteroatoms. The maximum atomic E-state index is 5.81. The molecule has 3 nitrogen and oxygen atoms in total. The van der Waals surface area contributed by atoms with Crippen LogP contribution in [0.15, 0.2) is 18.3 Å². The Morgan fingerprint density at radius 3 is 2.85 bits per heavy atom. The number of rotatable bonds is 0. The van der Waals surface area contributed by atoms with E-state index in [0.29, 0.717) is 5.82 Å². The van der Waals surface area contributed by atoms with Crippen molar-refractivity contribution in [2.45, 2.75) is 13.8 Å². The van der Waals surface area contributed by atoms with Gasteiger partial charge in [0.2, 0.25) is 0 Å². The number of nitrogens with two attached hydrogens (primary N) is 1. The van der Waals surface area contributed by atoms with Crippen molar-refractivity contribution in [1.29, 1.82) is 0 Å². The molecule has 0 radical (unpaired) electrons. The van der Waals surface area contributed by atoms with E-state index in [4.69, 9.17) is 5.73 Å². The molecule has 0 amide bonds. The number of aromatic nitrogens is 2. The van der Waals surface area contributed by atoms with E-state index in [-0.39, 0.29) is 0 Å². The van der Waals surface area contributed by atoms with Crippen LogP contribution in [-0.4, -0.2) is 9.97 Å². The summed E-state index contributed by atoms with van der Waals surface area (Å²) in [5, 5.41) is 2.07. The lowest BCUT2D eigenvalue weighted by Gasteiger charge is -2.04. The van der Waals surface area contributed by atoms with E-state index in [9.17, 15) is 0 Å². The Labute approximate surface area is 76.6 Å². The van der Waals surface area contributed by atoms with Gasteiger partial charge >= 0.3 is 0 Å². The highest BCUT2D eigenvalue weighted by molar-refractivity contribution is 5.92. The van der Waals surface area contributed by atoms with Crippen LogP contribution in [0.1, 0.15) is 11.4 Å². The predicted octanol–water partition coefficient (Wildman–Crippen LogP) is 1.83. The first-order chi connectivity index (χ1) is 6.18. The molecule has 0 spiro atoms. The van der Waals surface area contributed by atoms with Crippen LogP contribution in [0.4, 0.5) is 5.82 Å². The Morgan fingerprint density at radius 2 is 2.08 bits per heavy atom. The van der Waals surface area contributed by atoms with Crippen molar-refractivity contribution in [3.05, 3.63) is 29.7 Å². The van der Waals surface area contributed by atoms with E-state index >= 15 is 0 Å². The number of nitrogens with zero attached hydrogens (tertiary/aromatic N) is 2. The molecule has 0 bridgehead atoms. The lowest BCUT2D eigenvalue weighted by molar-refractivity contribution is 1.19. The smallest absolute Gasteiger partial charge is 0.133 e. The molecule has 13 heavy (non-hydrogen) atoms. The minimum Gasteiger partial charge on any atom is -0.383 e. The molecule has 0 aliphatic heterocycles. The van der Waals surface area contributed by atoms with Crippen LogP contribution >= 0.6 is 0 Å². The Kier molecular flexibility index (Phi) is 1.65. The molecule has 2 heterocycles. The fraction of sp³-hybridized carbons (Fsp3) is 0.200. The molecular formula is C10H11N3. The van der Waals surface area contributed by atoms with Gasteiger partial charge in [-0.15, -0.1) is 0 Å². The lowest BCUT2D eigenvalue weighted by atomic mass is 10.1. The molecule has 2 aromatic rings. The fourth-order valence-electron chi connectivity index (χ4n) is 1.54. The van der Waals surface area contributed by atoms with E-state index in [0.717, 1.165) is 22.2 Å². The zero-order chi connectivity index (χ0) is 9.42. The molecule has 2 rings (SSSR count). The van der Waals surface area contributed by atoms with Gasteiger partial charge in [0.05, 0.1) is 0 Å². The first-order valence-electron chi connectivity index (χ1n) is 4.17. The van der Waals surface area contributed by atoms with Crippen LogP contribution in [0, 0.1) is 13.8 Å². The van der Waals surface area contributed by atoms with Crippen molar-refractivity contribution in [3.63, 3.8) is 0 Å². The Bertz CT molecular complexity index is 463. The van der Waals surface area contributed by atoms with Gasteiger partial charge in [-0.05, 0) is 31.4 Å². The molecule has 0 aliphatic carbocycles. The molecule has 0 aromatic carbocycles. The second-order valence-electron chi connectivity index (χ2n) is 3.14. The van der Waals surface area contributed by atoms with E-state index < -0.39 is 0 Å². The largest absolute Gasteiger partial charge is 0.383 e. The van der Waals surface area contributed by atoms with Gasteiger partial charge in [-0.1, -0.05) is 0 Å². The summed E-state index contributed by atoms with van der Waals surface area (Å²) in [5.41, 5.74) is 7.68. The van der Waals surface area contributed by atoms with Crippen LogP contribution in [0.3, 0.4) is 0 Å². The van der Waals surface area contributed by atoms with Crippen molar-refractivity contribution in [2.75, 3.05) is 5.73 Å². The molecule has 0 aliphatic rings. The molecule has 2 aromatic heterocycles. The van der Waals surface area contributed by atoms with Gasteiger partial charge in [-0.25, -0.2) is 4.98 Å². The SMILES string of the molecule is Cc1cc2ccnc(C)c2c(N)n1. The summed E-state index contributed by atoms with van der Waals surface area (Å²) in [4.78, 5) is 8.38. The number of nitrogen functional groups attached to an aromatic ring is 1. The number of pyridine rings is 2. The normalized spacial score (nSPS) is 10.6. The number of aryl methyl sites for hydroxylation is 2. The van der Waals surface area contributed by atoms with E-state index in [1.165, 1.54) is 0 Å². The highest BCUT2D eigenvalue weighted by Gasteiger charge is 2.03. The zero-order valence-electron chi connectivity index (χ0n) is 7.70. The third kappa shape index (κ3) is 1.22. The highest BCUT2D eigenvalue weighted by Crippen LogP contribution is 2.21. The zero-order valence-corrected chi connectivity index (χ0v) is 7.70. The molecular weight excluding hydrogens is 162 g/mol. The minimum atomic E-state index is 0.570. The number of hydrogen-bond acceptors (Lipinski definition) is 3. The summed E-state index contributed by atoms with van der Waals surface area (Å²) < 4.78 is 0. The molecule has 0 saturated carbocycles. The van der Waals surface area contributed by atoms with Crippen molar-refractivity contribution >= 4 is 16.6 Å². The van der Waals surface area contributed by atoms with Gasteiger partial charge in [0.15, 0.2) is 0 Å². The second-order valence-corrected chi connectivity index (χ2v) is 3.14. The first kappa shape index (κ1) is 7.98. The van der Waals surface area contributed by atoms with Crippen LogP contribution < -0.4 is 5.73 Å². The monoisotopic (exact) mass is 173 g/mol. The van der Waals surface area contributed by atoms with Crippen molar-refractivity contribution < 1.29 is 0 Å². The summed E-state index contributed by atoms with van der Waals surface area (Å²) in [5.74, 6) is 0.570. The van der Waals surface area contributed by atoms with E-state index in [2.05, 4.69) is 9.97 Å². The van der Waals surface area contributed by atoms with E-state index in [1.807, 2.05) is 26.0 Å². The van der Waals surface area contributed by atoms with Crippen LogP contribution in [0.5, 0.6) is 0 Å². The first-order valence-corrected chi connectivity index (χ1v) is 4.17. The summed E-state index contributed by atoms with van der Waals surface area (Å²) in [6.45, 7) is 3.88. The third-order valence-electron chi connectivity index (χ3n) is 2.09. The van der Waals surface area contributed by atoms with Gasteiger partial charge in [0.25, 0.3) is 0 Å². The summed E-state index contributed by atoms with van der Waals surface area (Å²) in [6.07, 6.45) is 1.79. The molecule has 0 fully saturated rings.